The highest BCUT2D eigenvalue weighted by Gasteiger charge is 2.30. The minimum atomic E-state index is -3.73. The molecule has 0 amide bonds. The fourth-order valence-corrected chi connectivity index (χ4v) is 5.08. The molecule has 0 saturated carbocycles. The number of benzene rings is 2. The van der Waals surface area contributed by atoms with Crippen LogP contribution in [0.2, 0.25) is 0 Å². The van der Waals surface area contributed by atoms with E-state index in [2.05, 4.69) is 4.98 Å². The highest BCUT2D eigenvalue weighted by molar-refractivity contribution is 7.89. The second-order valence-corrected chi connectivity index (χ2v) is 9.00. The van der Waals surface area contributed by atoms with Crippen molar-refractivity contribution in [2.24, 2.45) is 0 Å². The molecule has 9 heteroatoms. The van der Waals surface area contributed by atoms with E-state index in [1.165, 1.54) is 22.8 Å². The van der Waals surface area contributed by atoms with E-state index < -0.39 is 14.9 Å². The van der Waals surface area contributed by atoms with Crippen molar-refractivity contribution in [1.82, 2.24) is 13.9 Å². The van der Waals surface area contributed by atoms with Crippen molar-refractivity contribution in [2.75, 3.05) is 13.1 Å². The largest absolute Gasteiger partial charge is 0.294 e. The Morgan fingerprint density at radius 3 is 2.43 bits per heavy atom. The zero-order chi connectivity index (χ0) is 20.1. The smallest absolute Gasteiger partial charge is 0.293 e. The summed E-state index contributed by atoms with van der Waals surface area (Å²) in [6, 6.07) is 7.92. The third kappa shape index (κ3) is 2.96. The van der Waals surface area contributed by atoms with Gasteiger partial charge < -0.3 is 0 Å². The molecule has 1 saturated heterocycles. The number of sulfonamides is 1. The molecule has 3 aromatic rings. The number of nitro benzene ring substituents is 1. The molecule has 146 valence electrons. The monoisotopic (exact) mass is 400 g/mol. The molecule has 1 aromatic heterocycles. The summed E-state index contributed by atoms with van der Waals surface area (Å²) < 4.78 is 28.6. The van der Waals surface area contributed by atoms with Gasteiger partial charge in [0.05, 0.1) is 20.9 Å². The van der Waals surface area contributed by atoms with Crippen LogP contribution in [0.25, 0.3) is 16.7 Å². The van der Waals surface area contributed by atoms with Crippen LogP contribution in [0.1, 0.15) is 24.0 Å². The van der Waals surface area contributed by atoms with E-state index >= 15 is 0 Å². The van der Waals surface area contributed by atoms with Gasteiger partial charge in [-0.05, 0) is 62.1 Å². The van der Waals surface area contributed by atoms with Crippen LogP contribution in [-0.4, -0.2) is 40.3 Å². The van der Waals surface area contributed by atoms with Crippen LogP contribution in [0.4, 0.5) is 5.69 Å². The number of hydrogen-bond donors (Lipinski definition) is 0. The van der Waals surface area contributed by atoms with Crippen LogP contribution >= 0.6 is 0 Å². The fourth-order valence-electron chi connectivity index (χ4n) is 3.55. The molecule has 1 aliphatic rings. The molecular formula is C19H20N4O4S. The molecule has 2 aromatic carbocycles. The number of nitrogens with zero attached hydrogens (tertiary/aromatic N) is 4. The summed E-state index contributed by atoms with van der Waals surface area (Å²) in [6.45, 7) is 4.84. The number of hydrogen-bond acceptors (Lipinski definition) is 5. The van der Waals surface area contributed by atoms with Crippen LogP contribution in [0, 0.1) is 24.0 Å². The summed E-state index contributed by atoms with van der Waals surface area (Å²) in [7, 11) is -3.73. The third-order valence-electron chi connectivity index (χ3n) is 5.27. The normalized spacial score (nSPS) is 15.4. The second-order valence-electron chi connectivity index (χ2n) is 7.06. The summed E-state index contributed by atoms with van der Waals surface area (Å²) in [4.78, 5) is 15.5. The Bertz CT molecular complexity index is 1190. The maximum absolute atomic E-state index is 12.8. The second kappa shape index (κ2) is 6.68. The van der Waals surface area contributed by atoms with Gasteiger partial charge in [-0.3, -0.25) is 14.7 Å². The Morgan fingerprint density at radius 2 is 1.75 bits per heavy atom. The summed E-state index contributed by atoms with van der Waals surface area (Å²) in [6.07, 6.45) is 3.14. The zero-order valence-electron chi connectivity index (χ0n) is 15.6. The van der Waals surface area contributed by atoms with E-state index in [-0.39, 0.29) is 16.3 Å². The van der Waals surface area contributed by atoms with Crippen molar-refractivity contribution in [1.29, 1.82) is 0 Å². The van der Waals surface area contributed by atoms with Crippen molar-refractivity contribution in [3.8, 4) is 5.69 Å². The maximum Gasteiger partial charge on any atom is 0.294 e. The van der Waals surface area contributed by atoms with Crippen molar-refractivity contribution < 1.29 is 13.3 Å². The SMILES string of the molecule is Cc1cc2ncn(-c3ccc(S(=O)(=O)N4CCCC4)cc3[N+](=O)[O-])c2cc1C. The Balaban J connectivity index is 1.87. The first kappa shape index (κ1) is 18.6. The number of imidazole rings is 1. The first-order valence-corrected chi connectivity index (χ1v) is 10.5. The number of aromatic nitrogens is 2. The molecule has 1 aliphatic heterocycles. The number of aryl methyl sites for hydroxylation is 2. The number of rotatable bonds is 4. The highest BCUT2D eigenvalue weighted by Crippen LogP contribution is 2.31. The number of nitro groups is 1. The third-order valence-corrected chi connectivity index (χ3v) is 7.16. The Morgan fingerprint density at radius 1 is 1.07 bits per heavy atom. The summed E-state index contributed by atoms with van der Waals surface area (Å²) in [5, 5.41) is 11.7. The molecule has 28 heavy (non-hydrogen) atoms. The maximum atomic E-state index is 12.8. The van der Waals surface area contributed by atoms with Gasteiger partial charge >= 0.3 is 0 Å². The lowest BCUT2D eigenvalue weighted by atomic mass is 10.1. The van der Waals surface area contributed by atoms with Crippen LogP contribution in [0.5, 0.6) is 0 Å². The minimum absolute atomic E-state index is 0.0544. The van der Waals surface area contributed by atoms with E-state index in [1.54, 1.807) is 4.57 Å². The molecule has 0 bridgehead atoms. The average Bonchev–Trinajstić information content (AvgIpc) is 3.32. The molecule has 0 aliphatic carbocycles. The first-order valence-electron chi connectivity index (χ1n) is 9.02. The van der Waals surface area contributed by atoms with Gasteiger partial charge in [-0.15, -0.1) is 0 Å². The predicted octanol–water partition coefficient (Wildman–Crippen LogP) is 3.34. The van der Waals surface area contributed by atoms with E-state index in [9.17, 15) is 18.5 Å². The van der Waals surface area contributed by atoms with E-state index in [0.29, 0.717) is 13.1 Å². The van der Waals surface area contributed by atoms with Crippen molar-refractivity contribution >= 4 is 26.7 Å². The van der Waals surface area contributed by atoms with Gasteiger partial charge in [0.2, 0.25) is 10.0 Å². The van der Waals surface area contributed by atoms with E-state index in [0.717, 1.165) is 41.1 Å². The van der Waals surface area contributed by atoms with Gasteiger partial charge in [0.1, 0.15) is 12.0 Å². The van der Waals surface area contributed by atoms with E-state index in [1.807, 2.05) is 26.0 Å². The Labute approximate surface area is 162 Å². The molecular weight excluding hydrogens is 380 g/mol. The summed E-state index contributed by atoms with van der Waals surface area (Å²) in [5.41, 5.74) is 3.62. The molecule has 0 atom stereocenters. The Hall–Kier alpha value is -2.78. The van der Waals surface area contributed by atoms with Crippen LogP contribution in [-0.2, 0) is 10.0 Å². The van der Waals surface area contributed by atoms with Gasteiger partial charge in [0.25, 0.3) is 5.69 Å². The van der Waals surface area contributed by atoms with Crippen molar-refractivity contribution in [2.45, 2.75) is 31.6 Å². The molecule has 2 heterocycles. The molecule has 4 rings (SSSR count). The molecule has 0 N–H and O–H groups in total. The standard InChI is InChI=1S/C19H20N4O4S/c1-13-9-16-18(10-14(13)2)22(12-20-16)17-6-5-15(11-19(17)23(24)25)28(26,27)21-7-3-4-8-21/h5-6,9-12H,3-4,7-8H2,1-2H3. The van der Waals surface area contributed by atoms with Crippen LogP contribution < -0.4 is 0 Å². The first-order chi connectivity index (χ1) is 13.3. The zero-order valence-corrected chi connectivity index (χ0v) is 16.4. The lowest BCUT2D eigenvalue weighted by Crippen LogP contribution is -2.27. The van der Waals surface area contributed by atoms with Gasteiger partial charge in [-0.25, -0.2) is 13.4 Å². The van der Waals surface area contributed by atoms with Crippen LogP contribution in [0.15, 0.2) is 41.6 Å². The molecule has 0 unspecified atom stereocenters. The summed E-state index contributed by atoms with van der Waals surface area (Å²) in [5.74, 6) is 0. The molecule has 1 fully saturated rings. The Kier molecular flexibility index (Phi) is 4.43. The lowest BCUT2D eigenvalue weighted by Gasteiger charge is -2.16. The average molecular weight is 400 g/mol. The number of fused-ring (bicyclic) bond motifs is 1. The van der Waals surface area contributed by atoms with Crippen molar-refractivity contribution in [3.63, 3.8) is 0 Å². The van der Waals surface area contributed by atoms with Gasteiger partial charge in [0, 0.05) is 19.2 Å². The fraction of sp³-hybridized carbons (Fsp3) is 0.316. The van der Waals surface area contributed by atoms with Gasteiger partial charge in [-0.1, -0.05) is 0 Å². The van der Waals surface area contributed by atoms with E-state index in [4.69, 9.17) is 0 Å². The summed E-state index contributed by atoms with van der Waals surface area (Å²) >= 11 is 0. The predicted molar refractivity (Wildman–Crippen MR) is 105 cm³/mol. The van der Waals surface area contributed by atoms with Gasteiger partial charge in [0.15, 0.2) is 0 Å². The van der Waals surface area contributed by atoms with Crippen LogP contribution in [0.3, 0.4) is 0 Å². The molecule has 0 spiro atoms. The molecule has 8 nitrogen and oxygen atoms in total. The highest BCUT2D eigenvalue weighted by atomic mass is 32.2. The molecule has 0 radical (unpaired) electrons. The van der Waals surface area contributed by atoms with Crippen molar-refractivity contribution in [3.05, 3.63) is 57.9 Å². The lowest BCUT2D eigenvalue weighted by molar-refractivity contribution is -0.384. The topological polar surface area (TPSA) is 98.3 Å². The minimum Gasteiger partial charge on any atom is -0.293 e. The quantitative estimate of drug-likeness (QED) is 0.494. The van der Waals surface area contributed by atoms with Gasteiger partial charge in [-0.2, -0.15) is 4.31 Å².